The smallest absolute Gasteiger partial charge is 0.360 e. The number of carbonyl (C=O) groups excluding carboxylic acids is 1. The number of rotatable bonds is 3. The molecule has 2 aromatic carbocycles. The number of hydrogen-bond donors (Lipinski definition) is 1. The molecule has 0 unspecified atom stereocenters. The van der Waals surface area contributed by atoms with Crippen LogP contribution in [0.2, 0.25) is 0 Å². The van der Waals surface area contributed by atoms with E-state index in [1.807, 2.05) is 12.1 Å². The Kier molecular flexibility index (Phi) is 3.30. The monoisotopic (exact) mass is 322 g/mol. The van der Waals surface area contributed by atoms with Crippen molar-refractivity contribution >= 4 is 22.6 Å². The van der Waals surface area contributed by atoms with Crippen molar-refractivity contribution in [3.8, 4) is 5.75 Å². The molecule has 0 aliphatic heterocycles. The summed E-state index contributed by atoms with van der Waals surface area (Å²) < 4.78 is 5.42. The summed E-state index contributed by atoms with van der Waals surface area (Å²) in [4.78, 5) is 25.7. The van der Waals surface area contributed by atoms with Crippen LogP contribution in [0.3, 0.4) is 0 Å². The van der Waals surface area contributed by atoms with Crippen LogP contribution in [0.4, 0.5) is 5.69 Å². The van der Waals surface area contributed by atoms with Crippen molar-refractivity contribution in [1.82, 2.24) is 4.98 Å². The van der Waals surface area contributed by atoms with Crippen LogP contribution in [0, 0.1) is 10.1 Å². The van der Waals surface area contributed by atoms with Crippen molar-refractivity contribution < 1.29 is 14.5 Å². The lowest BCUT2D eigenvalue weighted by atomic mass is 10.1. The first-order valence-electron chi connectivity index (χ1n) is 7.72. The van der Waals surface area contributed by atoms with Crippen LogP contribution in [0.5, 0.6) is 5.75 Å². The minimum Gasteiger partial charge on any atom is -0.422 e. The molecule has 120 valence electrons. The van der Waals surface area contributed by atoms with E-state index in [0.717, 1.165) is 19.3 Å². The van der Waals surface area contributed by atoms with Gasteiger partial charge in [-0.15, -0.1) is 0 Å². The number of para-hydroxylation sites is 1. The normalized spacial score (nSPS) is 13.0. The van der Waals surface area contributed by atoms with Gasteiger partial charge in [-0.2, -0.15) is 0 Å². The molecule has 0 saturated carbocycles. The molecule has 4 rings (SSSR count). The van der Waals surface area contributed by atoms with Gasteiger partial charge in [0.05, 0.1) is 4.92 Å². The van der Waals surface area contributed by atoms with Crippen molar-refractivity contribution in [2.45, 2.75) is 19.3 Å². The number of non-ortho nitro benzene ring substituents is 1. The molecule has 3 aromatic rings. The van der Waals surface area contributed by atoms with Crippen molar-refractivity contribution in [2.75, 3.05) is 0 Å². The van der Waals surface area contributed by atoms with Crippen molar-refractivity contribution in [3.05, 3.63) is 69.4 Å². The van der Waals surface area contributed by atoms with E-state index < -0.39 is 10.9 Å². The summed E-state index contributed by atoms with van der Waals surface area (Å²) in [5, 5.41) is 11.7. The molecule has 0 radical (unpaired) electrons. The highest BCUT2D eigenvalue weighted by atomic mass is 16.6. The molecule has 1 aromatic heterocycles. The number of nitrogens with one attached hydrogen (secondary N) is 1. The fourth-order valence-corrected chi connectivity index (χ4v) is 3.18. The van der Waals surface area contributed by atoms with Crippen LogP contribution in [-0.4, -0.2) is 15.9 Å². The second kappa shape index (κ2) is 5.49. The standard InChI is InChI=1S/C18H14N2O4/c21-18(24-14-8-7-11-3-1-4-12(11)9-14)15-10-13-5-2-6-16(20(22)23)17(13)19-15/h2,5-10,19H,1,3-4H2. The number of nitrogens with zero attached hydrogens (tertiary/aromatic N) is 1. The van der Waals surface area contributed by atoms with Gasteiger partial charge in [0.2, 0.25) is 0 Å². The van der Waals surface area contributed by atoms with Crippen molar-refractivity contribution in [2.24, 2.45) is 0 Å². The van der Waals surface area contributed by atoms with Crippen LogP contribution in [-0.2, 0) is 12.8 Å². The number of fused-ring (bicyclic) bond motifs is 2. The number of nitro benzene ring substituents is 1. The first-order chi connectivity index (χ1) is 11.6. The molecule has 0 fully saturated rings. The van der Waals surface area contributed by atoms with Gasteiger partial charge in [0.15, 0.2) is 0 Å². The summed E-state index contributed by atoms with van der Waals surface area (Å²) in [6, 6.07) is 11.9. The zero-order valence-corrected chi connectivity index (χ0v) is 12.7. The maximum Gasteiger partial charge on any atom is 0.360 e. The minimum atomic E-state index is -0.557. The Bertz CT molecular complexity index is 974. The molecule has 1 aliphatic rings. The predicted octanol–water partition coefficient (Wildman–Crippen LogP) is 3.78. The van der Waals surface area contributed by atoms with Gasteiger partial charge in [0.1, 0.15) is 17.0 Å². The number of hydrogen-bond acceptors (Lipinski definition) is 4. The van der Waals surface area contributed by atoms with E-state index in [4.69, 9.17) is 4.74 Å². The topological polar surface area (TPSA) is 85.2 Å². The maximum atomic E-state index is 12.3. The maximum absolute atomic E-state index is 12.3. The molecule has 1 N–H and O–H groups in total. The molecule has 1 aliphatic carbocycles. The van der Waals surface area contributed by atoms with E-state index in [1.165, 1.54) is 17.2 Å². The summed E-state index contributed by atoms with van der Waals surface area (Å²) in [7, 11) is 0. The zero-order chi connectivity index (χ0) is 16.7. The number of ether oxygens (including phenoxy) is 1. The Balaban J connectivity index is 1.64. The predicted molar refractivity (Wildman–Crippen MR) is 88.4 cm³/mol. The van der Waals surface area contributed by atoms with Crippen LogP contribution >= 0.6 is 0 Å². The second-order valence-electron chi connectivity index (χ2n) is 5.86. The quantitative estimate of drug-likeness (QED) is 0.344. The van der Waals surface area contributed by atoms with Crippen molar-refractivity contribution in [3.63, 3.8) is 0 Å². The number of aromatic amines is 1. The third-order valence-corrected chi connectivity index (χ3v) is 4.33. The third kappa shape index (κ3) is 2.42. The fraction of sp³-hybridized carbons (Fsp3) is 0.167. The fourth-order valence-electron chi connectivity index (χ4n) is 3.18. The number of carbonyl (C=O) groups is 1. The molecule has 6 nitrogen and oxygen atoms in total. The van der Waals surface area contributed by atoms with E-state index in [9.17, 15) is 14.9 Å². The molecule has 0 amide bonds. The Morgan fingerprint density at radius 3 is 2.79 bits per heavy atom. The first-order valence-corrected chi connectivity index (χ1v) is 7.72. The summed E-state index contributed by atoms with van der Waals surface area (Å²) in [5.41, 5.74) is 2.97. The molecule has 0 spiro atoms. The molecule has 0 saturated heterocycles. The van der Waals surface area contributed by atoms with Gasteiger partial charge in [-0.05, 0) is 48.6 Å². The summed E-state index contributed by atoms with van der Waals surface area (Å²) in [5.74, 6) is -0.0627. The average molecular weight is 322 g/mol. The average Bonchev–Trinajstić information content (AvgIpc) is 3.20. The Morgan fingerprint density at radius 1 is 1.12 bits per heavy atom. The Labute approximate surface area is 137 Å². The number of esters is 1. The molecule has 0 bridgehead atoms. The van der Waals surface area contributed by atoms with Gasteiger partial charge in [-0.3, -0.25) is 10.1 Å². The molecule has 24 heavy (non-hydrogen) atoms. The molecule has 1 heterocycles. The lowest BCUT2D eigenvalue weighted by Crippen LogP contribution is -2.09. The van der Waals surface area contributed by atoms with E-state index >= 15 is 0 Å². The second-order valence-corrected chi connectivity index (χ2v) is 5.86. The van der Waals surface area contributed by atoms with Crippen LogP contribution < -0.4 is 4.74 Å². The molecule has 0 atom stereocenters. The number of aromatic nitrogens is 1. The summed E-state index contributed by atoms with van der Waals surface area (Å²) in [6.45, 7) is 0. The SMILES string of the molecule is O=C(Oc1ccc2c(c1)CCC2)c1cc2cccc([N+](=O)[O-])c2[nH]1. The molecule has 6 heteroatoms. The van der Waals surface area contributed by atoms with Gasteiger partial charge in [0.25, 0.3) is 5.69 Å². The van der Waals surface area contributed by atoms with Crippen molar-refractivity contribution in [1.29, 1.82) is 0 Å². The lowest BCUT2D eigenvalue weighted by Gasteiger charge is -2.05. The largest absolute Gasteiger partial charge is 0.422 e. The zero-order valence-electron chi connectivity index (χ0n) is 12.7. The minimum absolute atomic E-state index is 0.0657. The van der Waals surface area contributed by atoms with Gasteiger partial charge in [0, 0.05) is 11.5 Å². The highest BCUT2D eigenvalue weighted by Gasteiger charge is 2.19. The van der Waals surface area contributed by atoms with E-state index in [-0.39, 0.29) is 11.4 Å². The number of aryl methyl sites for hydroxylation is 2. The van der Waals surface area contributed by atoms with Crippen LogP contribution in [0.1, 0.15) is 28.0 Å². The molecular formula is C18H14N2O4. The van der Waals surface area contributed by atoms with Gasteiger partial charge in [-0.1, -0.05) is 18.2 Å². The van der Waals surface area contributed by atoms with Gasteiger partial charge >= 0.3 is 5.97 Å². The van der Waals surface area contributed by atoms with Crippen LogP contribution in [0.15, 0.2) is 42.5 Å². The number of nitro groups is 1. The van der Waals surface area contributed by atoms with Gasteiger partial charge in [-0.25, -0.2) is 4.79 Å². The summed E-state index contributed by atoms with van der Waals surface area (Å²) >= 11 is 0. The highest BCUT2D eigenvalue weighted by Crippen LogP contribution is 2.28. The Morgan fingerprint density at radius 2 is 1.96 bits per heavy atom. The first kappa shape index (κ1) is 14.4. The Hall–Kier alpha value is -3.15. The number of H-pyrrole nitrogens is 1. The number of benzene rings is 2. The molecular weight excluding hydrogens is 308 g/mol. The van der Waals surface area contributed by atoms with E-state index in [2.05, 4.69) is 4.98 Å². The lowest BCUT2D eigenvalue weighted by molar-refractivity contribution is -0.383. The third-order valence-electron chi connectivity index (χ3n) is 4.33. The summed E-state index contributed by atoms with van der Waals surface area (Å²) in [6.07, 6.45) is 3.19. The van der Waals surface area contributed by atoms with E-state index in [0.29, 0.717) is 16.7 Å². The van der Waals surface area contributed by atoms with Gasteiger partial charge < -0.3 is 9.72 Å². The van der Waals surface area contributed by atoms with Crippen LogP contribution in [0.25, 0.3) is 10.9 Å². The highest BCUT2D eigenvalue weighted by molar-refractivity contribution is 5.98. The van der Waals surface area contributed by atoms with E-state index in [1.54, 1.807) is 24.3 Å².